The van der Waals surface area contributed by atoms with Gasteiger partial charge in [-0.15, -0.1) is 6.42 Å². The summed E-state index contributed by atoms with van der Waals surface area (Å²) in [6, 6.07) is 7.87. The number of benzene rings is 1. The minimum atomic E-state index is -3.47. The molecule has 0 aromatic heterocycles. The maximum Gasteiger partial charge on any atom is 0.323 e. The maximum atomic E-state index is 12.8. The normalized spacial score (nSPS) is 27.0. The Labute approximate surface area is 233 Å². The van der Waals surface area contributed by atoms with Crippen LogP contribution in [-0.4, -0.2) is 69.8 Å². The summed E-state index contributed by atoms with van der Waals surface area (Å²) in [5.74, 6) is 1.77. The summed E-state index contributed by atoms with van der Waals surface area (Å²) in [5.41, 5.74) is -2.19. The third kappa shape index (κ3) is 7.47. The number of nitrogens with one attached hydrogen (secondary N) is 2. The highest BCUT2D eigenvalue weighted by atomic mass is 32.5. The molecule has 11 nitrogen and oxygen atoms in total. The van der Waals surface area contributed by atoms with Crippen LogP contribution in [0.4, 0.5) is 0 Å². The minimum absolute atomic E-state index is 0.0974. The molecule has 0 radical (unpaired) electrons. The number of hydrogen-bond donors (Lipinski definition) is 4. The molecule has 0 aliphatic carbocycles. The summed E-state index contributed by atoms with van der Waals surface area (Å²) >= 11 is 5.78. The van der Waals surface area contributed by atoms with Gasteiger partial charge in [-0.1, -0.05) is 44.0 Å². The smallest absolute Gasteiger partial charge is 0.323 e. The first-order valence-electron chi connectivity index (χ1n) is 12.4. The van der Waals surface area contributed by atoms with Crippen LogP contribution in [0.15, 0.2) is 55.0 Å². The van der Waals surface area contributed by atoms with E-state index in [1.165, 1.54) is 17.2 Å². The van der Waals surface area contributed by atoms with E-state index in [1.54, 1.807) is 44.2 Å². The van der Waals surface area contributed by atoms with Crippen LogP contribution in [0, 0.1) is 12.3 Å². The van der Waals surface area contributed by atoms with Gasteiger partial charge in [0.1, 0.15) is 29.8 Å². The largest absolute Gasteiger partial charge is 0.462 e. The van der Waals surface area contributed by atoms with Gasteiger partial charge in [-0.05, 0) is 44.2 Å². The molecule has 1 amide bonds. The van der Waals surface area contributed by atoms with Gasteiger partial charge in [0, 0.05) is 12.3 Å². The quantitative estimate of drug-likeness (QED) is 0.164. The summed E-state index contributed by atoms with van der Waals surface area (Å²) in [6.07, 6.45) is 4.78. The van der Waals surface area contributed by atoms with Crippen LogP contribution in [0.3, 0.4) is 0 Å². The van der Waals surface area contributed by atoms with Crippen molar-refractivity contribution in [2.24, 2.45) is 0 Å². The number of aliphatic hydroxyl groups excluding tert-OH is 1. The molecule has 2 aliphatic heterocycles. The first kappa shape index (κ1) is 30.8. The third-order valence-electron chi connectivity index (χ3n) is 5.84. The molecular formula is C26H34N3O8PS. The highest BCUT2D eigenvalue weighted by Gasteiger charge is 2.57. The molecule has 1 aromatic rings. The van der Waals surface area contributed by atoms with Crippen LogP contribution >= 0.6 is 6.64 Å². The molecule has 2 heterocycles. The molecule has 0 saturated carbocycles. The van der Waals surface area contributed by atoms with Gasteiger partial charge in [-0.25, -0.2) is 5.09 Å². The first-order chi connectivity index (χ1) is 18.4. The number of carbonyl (C=O) groups is 2. The Morgan fingerprint density at radius 2 is 2.10 bits per heavy atom. The minimum Gasteiger partial charge on any atom is -0.462 e. The zero-order valence-corrected chi connectivity index (χ0v) is 23.7. The molecule has 13 heteroatoms. The van der Waals surface area contributed by atoms with Crippen LogP contribution in [0.1, 0.15) is 33.6 Å². The van der Waals surface area contributed by atoms with E-state index >= 15 is 0 Å². The van der Waals surface area contributed by atoms with Crippen molar-refractivity contribution in [3.63, 3.8) is 0 Å². The van der Waals surface area contributed by atoms with Crippen LogP contribution < -0.4 is 14.9 Å². The van der Waals surface area contributed by atoms with Gasteiger partial charge in [0.05, 0.1) is 12.7 Å². The molecule has 2 aliphatic rings. The van der Waals surface area contributed by atoms with Gasteiger partial charge >= 0.3 is 12.6 Å². The molecule has 4 N–H and O–H groups in total. The van der Waals surface area contributed by atoms with Crippen LogP contribution in [-0.2, 0) is 35.4 Å². The van der Waals surface area contributed by atoms with Gasteiger partial charge in [0.15, 0.2) is 11.8 Å². The fourth-order valence-electron chi connectivity index (χ4n) is 3.95. The lowest BCUT2D eigenvalue weighted by molar-refractivity contribution is -0.149. The van der Waals surface area contributed by atoms with Gasteiger partial charge in [0.25, 0.3) is 5.91 Å². The number of terminal acetylenes is 1. The molecule has 0 spiro atoms. The predicted octanol–water partition coefficient (Wildman–Crippen LogP) is 1.88. The van der Waals surface area contributed by atoms with Crippen LogP contribution in [0.2, 0.25) is 0 Å². The Balaban J connectivity index is 1.84. The number of aliphatic hydroxyl groups is 2. The number of para-hydroxylation sites is 1. The standard InChI is InChI=1S/C26H34N3O8PS/c1-6-11-20(24(32)35-17(3)4)28-38(39,37-19-12-9-8-10-13-19)34-16-21-23(31)26(33,7-2)25(36-21)29-15-14-22(30)27-18(29)5/h2,8-10,12-15,17,20-21,23,25,31,33H,5-6,11,16H2,1,3-4H3,(H,27,30)(H,28,39)/t20?,21-,23-,25-,26-,38?/m1/s1. The van der Waals surface area contributed by atoms with Crippen molar-refractivity contribution in [3.05, 3.63) is 55.0 Å². The lowest BCUT2D eigenvalue weighted by atomic mass is 9.94. The number of ether oxygens (including phenoxy) is 2. The fourth-order valence-corrected chi connectivity index (χ4v) is 6.32. The molecule has 0 bridgehead atoms. The zero-order chi connectivity index (χ0) is 28.8. The Hall–Kier alpha value is -2.75. The molecule has 39 heavy (non-hydrogen) atoms. The molecule has 1 aromatic carbocycles. The average molecular weight is 580 g/mol. The van der Waals surface area contributed by atoms with Gasteiger partial charge < -0.3 is 39.0 Å². The SMILES string of the molecule is C#C[C@@]1(O)[C@H](O)[C@@H](COP(=S)(NC(CCC)C(=O)OC(C)C)Oc2ccccc2)O[C@H]1N1C=CC(=O)NC1=C. The van der Waals surface area contributed by atoms with E-state index in [2.05, 4.69) is 22.9 Å². The summed E-state index contributed by atoms with van der Waals surface area (Å²) < 4.78 is 23.4. The second kappa shape index (κ2) is 13.1. The van der Waals surface area contributed by atoms with Crippen molar-refractivity contribution in [1.29, 1.82) is 0 Å². The highest BCUT2D eigenvalue weighted by Crippen LogP contribution is 2.47. The van der Waals surface area contributed by atoms with E-state index in [0.717, 1.165) is 0 Å². The Morgan fingerprint density at radius 1 is 1.41 bits per heavy atom. The molecule has 3 rings (SSSR count). The first-order valence-corrected chi connectivity index (χ1v) is 15.0. The summed E-state index contributed by atoms with van der Waals surface area (Å²) in [7, 11) is 0. The van der Waals surface area contributed by atoms with Crippen molar-refractivity contribution in [2.45, 2.75) is 69.8 Å². The summed E-state index contributed by atoms with van der Waals surface area (Å²) in [5, 5.41) is 27.6. The Kier molecular flexibility index (Phi) is 10.3. The Bertz CT molecular complexity index is 1170. The van der Waals surface area contributed by atoms with Crippen molar-refractivity contribution in [1.82, 2.24) is 15.3 Å². The van der Waals surface area contributed by atoms with Crippen molar-refractivity contribution in [3.8, 4) is 18.1 Å². The van der Waals surface area contributed by atoms with Gasteiger partial charge in [-0.2, -0.15) is 0 Å². The van der Waals surface area contributed by atoms with E-state index < -0.39 is 48.6 Å². The number of esters is 1. The lowest BCUT2D eigenvalue weighted by Gasteiger charge is -2.36. The fraction of sp³-hybridized carbons (Fsp3) is 0.462. The lowest BCUT2D eigenvalue weighted by Crippen LogP contribution is -2.54. The van der Waals surface area contributed by atoms with Crippen LogP contribution in [0.5, 0.6) is 5.75 Å². The monoisotopic (exact) mass is 579 g/mol. The number of amides is 1. The molecule has 212 valence electrons. The molecule has 6 atom stereocenters. The van der Waals surface area contributed by atoms with E-state index in [1.807, 2.05) is 6.92 Å². The summed E-state index contributed by atoms with van der Waals surface area (Å²) in [6.45, 7) is 5.32. The number of carbonyl (C=O) groups excluding carboxylic acids is 2. The molecule has 1 saturated heterocycles. The Morgan fingerprint density at radius 3 is 2.69 bits per heavy atom. The van der Waals surface area contributed by atoms with Crippen LogP contribution in [0.25, 0.3) is 0 Å². The third-order valence-corrected chi connectivity index (χ3v) is 8.26. The van der Waals surface area contributed by atoms with E-state index in [9.17, 15) is 19.8 Å². The van der Waals surface area contributed by atoms with Crippen molar-refractivity contribution in [2.75, 3.05) is 6.61 Å². The second-order valence-electron chi connectivity index (χ2n) is 9.25. The zero-order valence-electron chi connectivity index (χ0n) is 22.0. The second-order valence-corrected chi connectivity index (χ2v) is 12.4. The maximum absolute atomic E-state index is 12.8. The molecule has 1 fully saturated rings. The number of hydrogen-bond acceptors (Lipinski definition) is 10. The highest BCUT2D eigenvalue weighted by molar-refractivity contribution is 8.09. The van der Waals surface area contributed by atoms with E-state index in [-0.39, 0.29) is 18.5 Å². The van der Waals surface area contributed by atoms with E-state index in [4.69, 9.17) is 36.8 Å². The van der Waals surface area contributed by atoms with Gasteiger partial charge in [-0.3, -0.25) is 9.59 Å². The van der Waals surface area contributed by atoms with Crippen molar-refractivity contribution >= 4 is 30.3 Å². The number of rotatable bonds is 12. The van der Waals surface area contributed by atoms with Crippen molar-refractivity contribution < 1.29 is 38.3 Å². The topological polar surface area (TPSA) is 139 Å². The molecule has 2 unspecified atom stereocenters. The van der Waals surface area contributed by atoms with Gasteiger partial charge in [0.2, 0.25) is 0 Å². The average Bonchev–Trinajstić information content (AvgIpc) is 3.13. The summed E-state index contributed by atoms with van der Waals surface area (Å²) in [4.78, 5) is 25.7. The van der Waals surface area contributed by atoms with E-state index in [0.29, 0.717) is 18.6 Å². The predicted molar refractivity (Wildman–Crippen MR) is 147 cm³/mol. The molecular weight excluding hydrogens is 545 g/mol. The number of nitrogens with zero attached hydrogens (tertiary/aromatic N) is 1.